The molecular formula is C11H12O2. The molecule has 0 atom stereocenters. The Bertz CT molecular complexity index is 342. The summed E-state index contributed by atoms with van der Waals surface area (Å²) >= 11 is 0. The predicted molar refractivity (Wildman–Crippen MR) is 49.8 cm³/mol. The van der Waals surface area contributed by atoms with Crippen molar-refractivity contribution in [2.75, 3.05) is 0 Å². The number of rotatable bonds is 0. The van der Waals surface area contributed by atoms with Gasteiger partial charge in [0.05, 0.1) is 0 Å². The van der Waals surface area contributed by atoms with Crippen LogP contribution in [-0.2, 0) is 11.2 Å². The first-order chi connectivity index (χ1) is 6.25. The number of carbonyl (C=O) groups is 1. The average molecular weight is 176 g/mol. The van der Waals surface area contributed by atoms with Gasteiger partial charge in [-0.15, -0.1) is 0 Å². The lowest BCUT2D eigenvalue weighted by Crippen LogP contribution is -2.05. The molecule has 0 spiro atoms. The third-order valence-electron chi connectivity index (χ3n) is 2.27. The summed E-state index contributed by atoms with van der Waals surface area (Å²) in [6.45, 7) is 2.00. The number of hydrogen-bond donors (Lipinski definition) is 0. The van der Waals surface area contributed by atoms with Crippen LogP contribution in [0.5, 0.6) is 5.75 Å². The van der Waals surface area contributed by atoms with E-state index in [1.807, 2.05) is 19.1 Å². The van der Waals surface area contributed by atoms with Gasteiger partial charge in [-0.2, -0.15) is 0 Å². The van der Waals surface area contributed by atoms with Crippen LogP contribution in [0.2, 0.25) is 0 Å². The van der Waals surface area contributed by atoms with Crippen molar-refractivity contribution >= 4 is 5.97 Å². The number of esters is 1. The maximum atomic E-state index is 11.1. The first-order valence-corrected chi connectivity index (χ1v) is 4.56. The first-order valence-electron chi connectivity index (χ1n) is 4.56. The lowest BCUT2D eigenvalue weighted by atomic mass is 10.1. The fraction of sp³-hybridized carbons (Fsp3) is 0.364. The van der Waals surface area contributed by atoms with Gasteiger partial charge in [0, 0.05) is 6.42 Å². The Morgan fingerprint density at radius 3 is 3.00 bits per heavy atom. The van der Waals surface area contributed by atoms with Gasteiger partial charge in [-0.3, -0.25) is 4.79 Å². The fourth-order valence-corrected chi connectivity index (χ4v) is 1.56. The van der Waals surface area contributed by atoms with E-state index >= 15 is 0 Å². The van der Waals surface area contributed by atoms with Crippen LogP contribution in [0.15, 0.2) is 18.2 Å². The zero-order valence-corrected chi connectivity index (χ0v) is 7.67. The van der Waals surface area contributed by atoms with Crippen LogP contribution in [0.3, 0.4) is 0 Å². The highest BCUT2D eigenvalue weighted by Gasteiger charge is 2.14. The van der Waals surface area contributed by atoms with E-state index in [2.05, 4.69) is 6.07 Å². The number of aryl methyl sites for hydroxylation is 2. The van der Waals surface area contributed by atoms with E-state index in [4.69, 9.17) is 4.74 Å². The maximum Gasteiger partial charge on any atom is 0.311 e. The van der Waals surface area contributed by atoms with E-state index in [1.165, 1.54) is 0 Å². The van der Waals surface area contributed by atoms with Crippen LogP contribution < -0.4 is 4.74 Å². The van der Waals surface area contributed by atoms with Gasteiger partial charge in [0.25, 0.3) is 0 Å². The minimum Gasteiger partial charge on any atom is -0.426 e. The molecule has 0 saturated carbocycles. The largest absolute Gasteiger partial charge is 0.426 e. The van der Waals surface area contributed by atoms with E-state index in [9.17, 15) is 4.79 Å². The van der Waals surface area contributed by atoms with Crippen LogP contribution in [0, 0.1) is 6.92 Å². The number of benzene rings is 1. The summed E-state index contributed by atoms with van der Waals surface area (Å²) in [6.07, 6.45) is 2.38. The lowest BCUT2D eigenvalue weighted by Gasteiger charge is -2.05. The first kappa shape index (κ1) is 8.30. The topological polar surface area (TPSA) is 26.3 Å². The van der Waals surface area contributed by atoms with E-state index in [-0.39, 0.29) is 5.97 Å². The zero-order chi connectivity index (χ0) is 9.26. The van der Waals surface area contributed by atoms with Gasteiger partial charge in [0.15, 0.2) is 0 Å². The Labute approximate surface area is 77.5 Å². The van der Waals surface area contributed by atoms with E-state index in [0.717, 1.165) is 29.7 Å². The molecule has 68 valence electrons. The number of hydrogen-bond acceptors (Lipinski definition) is 2. The monoisotopic (exact) mass is 176 g/mol. The lowest BCUT2D eigenvalue weighted by molar-refractivity contribution is -0.134. The van der Waals surface area contributed by atoms with E-state index in [0.29, 0.717) is 6.42 Å². The van der Waals surface area contributed by atoms with Crippen molar-refractivity contribution < 1.29 is 9.53 Å². The summed E-state index contributed by atoms with van der Waals surface area (Å²) in [7, 11) is 0. The molecular weight excluding hydrogens is 164 g/mol. The Hall–Kier alpha value is -1.31. The average Bonchev–Trinajstić information content (AvgIpc) is 2.25. The van der Waals surface area contributed by atoms with Gasteiger partial charge in [0.2, 0.25) is 0 Å². The minimum absolute atomic E-state index is 0.107. The highest BCUT2D eigenvalue weighted by Crippen LogP contribution is 2.25. The molecule has 0 fully saturated rings. The van der Waals surface area contributed by atoms with Crippen molar-refractivity contribution in [1.29, 1.82) is 0 Å². The molecule has 1 heterocycles. The molecule has 1 aliphatic rings. The summed E-state index contributed by atoms with van der Waals surface area (Å²) < 4.78 is 5.20. The Balaban J connectivity index is 2.40. The minimum atomic E-state index is -0.107. The van der Waals surface area contributed by atoms with Gasteiger partial charge in [0.1, 0.15) is 5.75 Å². The number of ether oxygens (including phenoxy) is 1. The van der Waals surface area contributed by atoms with Crippen LogP contribution in [0.1, 0.15) is 24.0 Å². The maximum absolute atomic E-state index is 11.1. The molecule has 1 aliphatic heterocycles. The second-order valence-electron chi connectivity index (χ2n) is 3.44. The third kappa shape index (κ3) is 1.72. The van der Waals surface area contributed by atoms with Crippen molar-refractivity contribution in [3.8, 4) is 5.75 Å². The summed E-state index contributed by atoms with van der Waals surface area (Å²) in [5, 5.41) is 0. The molecule has 13 heavy (non-hydrogen) atoms. The van der Waals surface area contributed by atoms with Gasteiger partial charge >= 0.3 is 5.97 Å². The van der Waals surface area contributed by atoms with Gasteiger partial charge in [-0.1, -0.05) is 12.1 Å². The van der Waals surface area contributed by atoms with Crippen molar-refractivity contribution in [2.45, 2.75) is 26.2 Å². The molecule has 2 rings (SSSR count). The van der Waals surface area contributed by atoms with Crippen molar-refractivity contribution in [3.05, 3.63) is 29.3 Å². The summed E-state index contributed by atoms with van der Waals surface area (Å²) in [5.41, 5.74) is 2.28. The second-order valence-corrected chi connectivity index (χ2v) is 3.44. The van der Waals surface area contributed by atoms with Crippen LogP contribution in [0.4, 0.5) is 0 Å². The van der Waals surface area contributed by atoms with Gasteiger partial charge in [-0.25, -0.2) is 0 Å². The summed E-state index contributed by atoms with van der Waals surface area (Å²) in [6, 6.07) is 6.03. The summed E-state index contributed by atoms with van der Waals surface area (Å²) in [4.78, 5) is 11.1. The zero-order valence-electron chi connectivity index (χ0n) is 7.67. The Kier molecular flexibility index (Phi) is 2.05. The highest BCUT2D eigenvalue weighted by atomic mass is 16.5. The predicted octanol–water partition coefficient (Wildman–Crippen LogP) is 2.24. The molecule has 1 aromatic rings. The van der Waals surface area contributed by atoms with Crippen molar-refractivity contribution in [1.82, 2.24) is 0 Å². The molecule has 2 heteroatoms. The third-order valence-corrected chi connectivity index (χ3v) is 2.27. The van der Waals surface area contributed by atoms with E-state index < -0.39 is 0 Å². The SMILES string of the molecule is Cc1ccc2c(c1)OC(=O)CCC2. The molecule has 0 bridgehead atoms. The van der Waals surface area contributed by atoms with Crippen LogP contribution >= 0.6 is 0 Å². The standard InChI is InChI=1S/C11H12O2/c1-8-5-6-9-3-2-4-11(12)13-10(9)7-8/h5-7H,2-4H2,1H3. The summed E-state index contributed by atoms with van der Waals surface area (Å²) in [5.74, 6) is 0.645. The van der Waals surface area contributed by atoms with Crippen molar-refractivity contribution in [3.63, 3.8) is 0 Å². The quantitative estimate of drug-likeness (QED) is 0.447. The second kappa shape index (κ2) is 3.21. The molecule has 0 N–H and O–H groups in total. The molecule has 1 aromatic carbocycles. The van der Waals surface area contributed by atoms with Crippen LogP contribution in [0.25, 0.3) is 0 Å². The Morgan fingerprint density at radius 1 is 1.31 bits per heavy atom. The number of carbonyl (C=O) groups excluding carboxylic acids is 1. The normalized spacial score (nSPS) is 15.9. The number of fused-ring (bicyclic) bond motifs is 1. The smallest absolute Gasteiger partial charge is 0.311 e. The molecule has 2 nitrogen and oxygen atoms in total. The molecule has 0 radical (unpaired) electrons. The fourth-order valence-electron chi connectivity index (χ4n) is 1.56. The molecule has 0 unspecified atom stereocenters. The van der Waals surface area contributed by atoms with Gasteiger partial charge in [-0.05, 0) is 37.0 Å². The molecule has 0 amide bonds. The van der Waals surface area contributed by atoms with E-state index in [1.54, 1.807) is 0 Å². The molecule has 0 aliphatic carbocycles. The highest BCUT2D eigenvalue weighted by molar-refractivity contribution is 5.73. The molecule has 0 saturated heterocycles. The molecule has 0 aromatic heterocycles. The van der Waals surface area contributed by atoms with Gasteiger partial charge < -0.3 is 4.74 Å². The van der Waals surface area contributed by atoms with Crippen LogP contribution in [-0.4, -0.2) is 5.97 Å². The van der Waals surface area contributed by atoms with Crippen molar-refractivity contribution in [2.24, 2.45) is 0 Å². The Morgan fingerprint density at radius 2 is 2.15 bits per heavy atom.